The van der Waals surface area contributed by atoms with Gasteiger partial charge in [0.2, 0.25) is 5.88 Å². The van der Waals surface area contributed by atoms with Gasteiger partial charge in [0.05, 0.1) is 5.69 Å². The molecule has 2 rings (SSSR count). The number of aryl methyl sites for hydroxylation is 1. The number of nitrogens with zero attached hydrogens (tertiary/aromatic N) is 2. The molecule has 4 heteroatoms. The number of ether oxygens (including phenoxy) is 1. The van der Waals surface area contributed by atoms with Crippen molar-refractivity contribution in [3.8, 4) is 5.88 Å². The van der Waals surface area contributed by atoms with E-state index in [0.717, 1.165) is 31.1 Å². The lowest BCUT2D eigenvalue weighted by Crippen LogP contribution is -2.20. The molecular formula is C12H21N3O. The van der Waals surface area contributed by atoms with Crippen LogP contribution in [0.1, 0.15) is 32.9 Å². The summed E-state index contributed by atoms with van der Waals surface area (Å²) in [5, 5.41) is 7.79. The zero-order valence-electron chi connectivity index (χ0n) is 10.6. The highest BCUT2D eigenvalue weighted by Crippen LogP contribution is 2.25. The minimum absolute atomic E-state index is 0.0767. The van der Waals surface area contributed by atoms with Gasteiger partial charge in [0.25, 0.3) is 0 Å². The van der Waals surface area contributed by atoms with E-state index in [1.807, 2.05) is 11.7 Å². The van der Waals surface area contributed by atoms with Crippen LogP contribution in [0, 0.1) is 0 Å². The van der Waals surface area contributed by atoms with Crippen LogP contribution in [0.2, 0.25) is 0 Å². The molecule has 1 aromatic heterocycles. The molecule has 0 saturated carbocycles. The van der Waals surface area contributed by atoms with E-state index >= 15 is 0 Å². The van der Waals surface area contributed by atoms with Crippen LogP contribution in [0.5, 0.6) is 5.88 Å². The first-order valence-electron chi connectivity index (χ1n) is 5.89. The monoisotopic (exact) mass is 223 g/mol. The van der Waals surface area contributed by atoms with Crippen molar-refractivity contribution in [3.63, 3.8) is 0 Å². The molecule has 0 spiro atoms. The summed E-state index contributed by atoms with van der Waals surface area (Å²) >= 11 is 0. The van der Waals surface area contributed by atoms with Crippen molar-refractivity contribution < 1.29 is 4.74 Å². The molecule has 1 unspecified atom stereocenters. The summed E-state index contributed by atoms with van der Waals surface area (Å²) in [6.07, 6.45) is 1.37. The van der Waals surface area contributed by atoms with Gasteiger partial charge in [-0.1, -0.05) is 20.8 Å². The van der Waals surface area contributed by atoms with Crippen LogP contribution in [-0.2, 0) is 12.5 Å². The van der Waals surface area contributed by atoms with Crippen molar-refractivity contribution in [1.82, 2.24) is 15.1 Å². The van der Waals surface area contributed by atoms with Gasteiger partial charge in [-0.05, 0) is 13.0 Å². The summed E-state index contributed by atoms with van der Waals surface area (Å²) in [4.78, 5) is 0. The first-order chi connectivity index (χ1) is 7.47. The number of hydrogen-bond acceptors (Lipinski definition) is 3. The van der Waals surface area contributed by atoms with E-state index in [2.05, 4.69) is 37.3 Å². The molecule has 1 aliphatic rings. The van der Waals surface area contributed by atoms with E-state index in [0.29, 0.717) is 6.10 Å². The van der Waals surface area contributed by atoms with Gasteiger partial charge in [-0.25, -0.2) is 4.68 Å². The van der Waals surface area contributed by atoms with Crippen molar-refractivity contribution in [2.24, 2.45) is 7.05 Å². The molecule has 0 radical (unpaired) electrons. The lowest BCUT2D eigenvalue weighted by molar-refractivity contribution is 0.204. The third-order valence-electron chi connectivity index (χ3n) is 2.91. The molecule has 16 heavy (non-hydrogen) atoms. The van der Waals surface area contributed by atoms with E-state index < -0.39 is 0 Å². The second-order valence-corrected chi connectivity index (χ2v) is 5.47. The Balaban J connectivity index is 2.12. The van der Waals surface area contributed by atoms with Crippen molar-refractivity contribution in [3.05, 3.63) is 11.8 Å². The third kappa shape index (κ3) is 2.38. The van der Waals surface area contributed by atoms with Crippen LogP contribution in [0.4, 0.5) is 0 Å². The fourth-order valence-electron chi connectivity index (χ4n) is 1.83. The van der Waals surface area contributed by atoms with Crippen molar-refractivity contribution in [2.75, 3.05) is 13.1 Å². The van der Waals surface area contributed by atoms with E-state index in [1.54, 1.807) is 0 Å². The molecule has 1 aliphatic heterocycles. The lowest BCUT2D eigenvalue weighted by atomic mass is 9.93. The Morgan fingerprint density at radius 1 is 1.50 bits per heavy atom. The fourth-order valence-corrected chi connectivity index (χ4v) is 1.83. The summed E-state index contributed by atoms with van der Waals surface area (Å²) in [6, 6.07) is 2.05. The third-order valence-corrected chi connectivity index (χ3v) is 2.91. The minimum atomic E-state index is 0.0767. The van der Waals surface area contributed by atoms with Crippen molar-refractivity contribution in [1.29, 1.82) is 0 Å². The second-order valence-electron chi connectivity index (χ2n) is 5.47. The second kappa shape index (κ2) is 4.09. The molecule has 1 saturated heterocycles. The van der Waals surface area contributed by atoms with Crippen LogP contribution >= 0.6 is 0 Å². The van der Waals surface area contributed by atoms with Gasteiger partial charge < -0.3 is 10.1 Å². The van der Waals surface area contributed by atoms with Crippen LogP contribution < -0.4 is 10.1 Å². The molecule has 2 heterocycles. The SMILES string of the molecule is Cn1nc(C(C)(C)C)cc1OC1CCNC1. The number of aromatic nitrogens is 2. The molecule has 1 fully saturated rings. The van der Waals surface area contributed by atoms with Gasteiger partial charge in [0.15, 0.2) is 0 Å². The molecule has 1 atom stereocenters. The van der Waals surface area contributed by atoms with Gasteiger partial charge in [-0.15, -0.1) is 0 Å². The first-order valence-corrected chi connectivity index (χ1v) is 5.89. The highest BCUT2D eigenvalue weighted by atomic mass is 16.5. The Morgan fingerprint density at radius 2 is 2.25 bits per heavy atom. The maximum atomic E-state index is 5.92. The average Bonchev–Trinajstić information content (AvgIpc) is 2.76. The van der Waals surface area contributed by atoms with E-state index in [1.165, 1.54) is 0 Å². The predicted octanol–water partition coefficient (Wildman–Crippen LogP) is 1.46. The van der Waals surface area contributed by atoms with Gasteiger partial charge in [0, 0.05) is 25.1 Å². The number of rotatable bonds is 2. The predicted molar refractivity (Wildman–Crippen MR) is 63.8 cm³/mol. The summed E-state index contributed by atoms with van der Waals surface area (Å²) < 4.78 is 7.75. The molecule has 90 valence electrons. The van der Waals surface area contributed by atoms with Crippen molar-refractivity contribution >= 4 is 0 Å². The van der Waals surface area contributed by atoms with Crippen LogP contribution in [0.3, 0.4) is 0 Å². The van der Waals surface area contributed by atoms with E-state index in [-0.39, 0.29) is 5.41 Å². The highest BCUT2D eigenvalue weighted by Gasteiger charge is 2.22. The Kier molecular flexibility index (Phi) is 2.93. The van der Waals surface area contributed by atoms with E-state index in [4.69, 9.17) is 4.74 Å². The maximum absolute atomic E-state index is 5.92. The average molecular weight is 223 g/mol. The largest absolute Gasteiger partial charge is 0.473 e. The molecular weight excluding hydrogens is 202 g/mol. The van der Waals surface area contributed by atoms with Gasteiger partial charge in [0.1, 0.15) is 6.10 Å². The van der Waals surface area contributed by atoms with Gasteiger partial charge in [-0.3, -0.25) is 0 Å². The maximum Gasteiger partial charge on any atom is 0.212 e. The molecule has 0 aromatic carbocycles. The molecule has 4 nitrogen and oxygen atoms in total. The quantitative estimate of drug-likeness (QED) is 0.825. The number of hydrogen-bond donors (Lipinski definition) is 1. The molecule has 1 aromatic rings. The first kappa shape index (κ1) is 11.5. The molecule has 1 N–H and O–H groups in total. The highest BCUT2D eigenvalue weighted by molar-refractivity contribution is 5.21. The minimum Gasteiger partial charge on any atom is -0.473 e. The normalized spacial score (nSPS) is 21.4. The summed E-state index contributed by atoms with van der Waals surface area (Å²) in [5.74, 6) is 0.874. The summed E-state index contributed by atoms with van der Waals surface area (Å²) in [6.45, 7) is 8.48. The zero-order chi connectivity index (χ0) is 11.8. The Morgan fingerprint density at radius 3 is 2.75 bits per heavy atom. The Hall–Kier alpha value is -1.03. The zero-order valence-corrected chi connectivity index (χ0v) is 10.6. The standard InChI is InChI=1S/C12H21N3O/c1-12(2,3)10-7-11(15(4)14-10)16-9-5-6-13-8-9/h7,9,13H,5-6,8H2,1-4H3. The topological polar surface area (TPSA) is 39.1 Å². The van der Waals surface area contributed by atoms with Crippen molar-refractivity contribution in [2.45, 2.75) is 38.7 Å². The Bertz CT molecular complexity index is 359. The van der Waals surface area contributed by atoms with Gasteiger partial charge in [-0.2, -0.15) is 5.10 Å². The van der Waals surface area contributed by atoms with Gasteiger partial charge >= 0.3 is 0 Å². The van der Waals surface area contributed by atoms with Crippen LogP contribution in [0.15, 0.2) is 6.07 Å². The smallest absolute Gasteiger partial charge is 0.212 e. The summed E-state index contributed by atoms with van der Waals surface area (Å²) in [5.41, 5.74) is 1.16. The van der Waals surface area contributed by atoms with E-state index in [9.17, 15) is 0 Å². The molecule has 0 aliphatic carbocycles. The van der Waals surface area contributed by atoms with Crippen LogP contribution in [-0.4, -0.2) is 29.0 Å². The Labute approximate surface area is 97.0 Å². The van der Waals surface area contributed by atoms with Crippen LogP contribution in [0.25, 0.3) is 0 Å². The number of nitrogens with one attached hydrogen (secondary N) is 1. The summed E-state index contributed by atoms with van der Waals surface area (Å²) in [7, 11) is 1.94. The fraction of sp³-hybridized carbons (Fsp3) is 0.750. The molecule has 0 amide bonds. The lowest BCUT2D eigenvalue weighted by Gasteiger charge is -2.13. The molecule has 0 bridgehead atoms.